The molecule has 0 saturated carbocycles. The van der Waals surface area contributed by atoms with Crippen LogP contribution in [0, 0.1) is 5.82 Å². The van der Waals surface area contributed by atoms with Crippen molar-refractivity contribution < 1.29 is 18.7 Å². The number of fused-ring (bicyclic) bond motifs is 1. The van der Waals surface area contributed by atoms with Crippen molar-refractivity contribution in [3.63, 3.8) is 0 Å². The van der Waals surface area contributed by atoms with Crippen molar-refractivity contribution in [2.75, 3.05) is 21.3 Å². The van der Waals surface area contributed by atoms with E-state index >= 15 is 0 Å². The average molecular weight is 356 g/mol. The van der Waals surface area contributed by atoms with Gasteiger partial charge in [0.2, 0.25) is 0 Å². The number of amides is 1. The van der Waals surface area contributed by atoms with Crippen molar-refractivity contribution in [1.82, 2.24) is 9.47 Å². The van der Waals surface area contributed by atoms with Crippen molar-refractivity contribution in [1.29, 1.82) is 0 Å². The first-order chi connectivity index (χ1) is 12.4. The zero-order valence-corrected chi connectivity index (χ0v) is 15.2. The number of hydrogen-bond acceptors (Lipinski definition) is 3. The number of nitrogens with zero attached hydrogens (tertiary/aromatic N) is 2. The van der Waals surface area contributed by atoms with Gasteiger partial charge in [0.1, 0.15) is 11.5 Å². The van der Waals surface area contributed by atoms with E-state index < -0.39 is 0 Å². The van der Waals surface area contributed by atoms with Gasteiger partial charge in [-0.15, -0.1) is 0 Å². The molecule has 0 fully saturated rings. The lowest BCUT2D eigenvalue weighted by atomic mass is 10.2. The van der Waals surface area contributed by atoms with E-state index in [1.807, 2.05) is 18.2 Å². The number of benzene rings is 2. The van der Waals surface area contributed by atoms with Crippen LogP contribution in [-0.2, 0) is 13.6 Å². The number of halogens is 1. The molecule has 0 spiro atoms. The molecule has 0 aliphatic rings. The molecule has 0 aliphatic heterocycles. The third-order valence-corrected chi connectivity index (χ3v) is 4.44. The Hall–Kier alpha value is -3.02. The second-order valence-electron chi connectivity index (χ2n) is 6.14. The minimum atomic E-state index is -0.323. The van der Waals surface area contributed by atoms with Gasteiger partial charge >= 0.3 is 0 Å². The van der Waals surface area contributed by atoms with E-state index in [1.54, 1.807) is 49.9 Å². The van der Waals surface area contributed by atoms with E-state index in [0.29, 0.717) is 29.3 Å². The number of carbonyl (C=O) groups excluding carboxylic acids is 1. The Balaban J connectivity index is 1.85. The molecule has 1 heterocycles. The van der Waals surface area contributed by atoms with Crippen LogP contribution in [0.5, 0.6) is 11.5 Å². The molecule has 3 rings (SSSR count). The molecule has 0 atom stereocenters. The Morgan fingerprint density at radius 1 is 1.08 bits per heavy atom. The topological polar surface area (TPSA) is 43.7 Å². The van der Waals surface area contributed by atoms with Crippen LogP contribution in [-0.4, -0.2) is 36.6 Å². The van der Waals surface area contributed by atoms with Gasteiger partial charge in [-0.25, -0.2) is 4.39 Å². The van der Waals surface area contributed by atoms with Crippen LogP contribution in [0.25, 0.3) is 10.9 Å². The van der Waals surface area contributed by atoms with Crippen molar-refractivity contribution in [3.05, 3.63) is 59.5 Å². The molecule has 0 bridgehead atoms. The van der Waals surface area contributed by atoms with E-state index in [1.165, 1.54) is 12.1 Å². The van der Waals surface area contributed by atoms with Crippen molar-refractivity contribution in [3.8, 4) is 11.5 Å². The summed E-state index contributed by atoms with van der Waals surface area (Å²) in [7, 11) is 6.65. The van der Waals surface area contributed by atoms with E-state index in [-0.39, 0.29) is 11.7 Å². The minimum absolute atomic E-state index is 0.140. The zero-order chi connectivity index (χ0) is 18.8. The molecule has 5 nitrogen and oxygen atoms in total. The molecule has 6 heteroatoms. The van der Waals surface area contributed by atoms with Crippen LogP contribution in [0.4, 0.5) is 4.39 Å². The summed E-state index contributed by atoms with van der Waals surface area (Å²) in [5, 5.41) is 0.830. The molecule has 2 aromatic carbocycles. The van der Waals surface area contributed by atoms with E-state index in [9.17, 15) is 9.18 Å². The van der Waals surface area contributed by atoms with Gasteiger partial charge in [0.25, 0.3) is 5.91 Å². The third-order valence-electron chi connectivity index (χ3n) is 4.44. The van der Waals surface area contributed by atoms with Crippen LogP contribution in [0.3, 0.4) is 0 Å². The summed E-state index contributed by atoms with van der Waals surface area (Å²) in [6, 6.07) is 11.8. The standard InChI is InChI=1S/C20H21FN2O3/c1-22(12-13-5-8-18(25-3)19(9-13)26-4)20(24)17-10-14-6-7-15(21)11-16(14)23(17)2/h5-11H,12H2,1-4H3. The SMILES string of the molecule is COc1ccc(CN(C)C(=O)c2cc3ccc(F)cc3n2C)cc1OC. The van der Waals surface area contributed by atoms with Crippen LogP contribution in [0.2, 0.25) is 0 Å². The highest BCUT2D eigenvalue weighted by Crippen LogP contribution is 2.28. The van der Waals surface area contributed by atoms with E-state index in [2.05, 4.69) is 0 Å². The molecular weight excluding hydrogens is 335 g/mol. The molecule has 0 N–H and O–H groups in total. The van der Waals surface area contributed by atoms with Crippen molar-refractivity contribution in [2.45, 2.75) is 6.54 Å². The van der Waals surface area contributed by atoms with Crippen LogP contribution in [0.15, 0.2) is 42.5 Å². The lowest BCUT2D eigenvalue weighted by Crippen LogP contribution is -2.27. The maximum Gasteiger partial charge on any atom is 0.270 e. The van der Waals surface area contributed by atoms with Crippen LogP contribution < -0.4 is 9.47 Å². The first kappa shape index (κ1) is 17.8. The first-order valence-electron chi connectivity index (χ1n) is 8.16. The number of rotatable bonds is 5. The van der Waals surface area contributed by atoms with Gasteiger partial charge < -0.3 is 18.9 Å². The number of carbonyl (C=O) groups is 1. The van der Waals surface area contributed by atoms with Crippen molar-refractivity contribution >= 4 is 16.8 Å². The number of ether oxygens (including phenoxy) is 2. The fourth-order valence-electron chi connectivity index (χ4n) is 3.03. The van der Waals surface area contributed by atoms with Gasteiger partial charge in [-0.2, -0.15) is 0 Å². The zero-order valence-electron chi connectivity index (χ0n) is 15.2. The smallest absolute Gasteiger partial charge is 0.270 e. The van der Waals surface area contributed by atoms with Crippen LogP contribution in [0.1, 0.15) is 16.1 Å². The van der Waals surface area contributed by atoms with Gasteiger partial charge in [-0.3, -0.25) is 4.79 Å². The van der Waals surface area contributed by atoms with Gasteiger partial charge in [-0.1, -0.05) is 6.07 Å². The monoisotopic (exact) mass is 356 g/mol. The summed E-state index contributed by atoms with van der Waals surface area (Å²) in [4.78, 5) is 14.5. The van der Waals surface area contributed by atoms with Gasteiger partial charge in [0.05, 0.1) is 19.7 Å². The summed E-state index contributed by atoms with van der Waals surface area (Å²) in [6.45, 7) is 0.412. The Morgan fingerprint density at radius 3 is 2.50 bits per heavy atom. The van der Waals surface area contributed by atoms with Gasteiger partial charge in [-0.05, 0) is 42.0 Å². The lowest BCUT2D eigenvalue weighted by Gasteiger charge is -2.18. The van der Waals surface area contributed by atoms with Gasteiger partial charge in [0, 0.05) is 26.0 Å². The summed E-state index contributed by atoms with van der Waals surface area (Å²) < 4.78 is 25.7. The number of aromatic nitrogens is 1. The lowest BCUT2D eigenvalue weighted by molar-refractivity contribution is 0.0776. The highest BCUT2D eigenvalue weighted by Gasteiger charge is 2.18. The summed E-state index contributed by atoms with van der Waals surface area (Å²) >= 11 is 0. The Morgan fingerprint density at radius 2 is 1.81 bits per heavy atom. The Labute approximate surface area is 151 Å². The van der Waals surface area contributed by atoms with E-state index in [4.69, 9.17) is 9.47 Å². The molecule has 3 aromatic rings. The van der Waals surface area contributed by atoms with Crippen LogP contribution >= 0.6 is 0 Å². The summed E-state index contributed by atoms with van der Waals surface area (Å²) in [6.07, 6.45) is 0. The second kappa shape index (κ2) is 7.07. The Kier molecular flexibility index (Phi) is 4.84. The average Bonchev–Trinajstić information content (AvgIpc) is 2.97. The first-order valence-corrected chi connectivity index (χ1v) is 8.16. The van der Waals surface area contributed by atoms with Crippen molar-refractivity contribution in [2.24, 2.45) is 7.05 Å². The molecular formula is C20H21FN2O3. The third kappa shape index (κ3) is 3.22. The second-order valence-corrected chi connectivity index (χ2v) is 6.14. The molecule has 1 amide bonds. The molecule has 26 heavy (non-hydrogen) atoms. The molecule has 0 aliphatic carbocycles. The number of methoxy groups -OCH3 is 2. The van der Waals surface area contributed by atoms with E-state index in [0.717, 1.165) is 10.9 Å². The predicted molar refractivity (Wildman–Crippen MR) is 98.2 cm³/mol. The number of hydrogen-bond donors (Lipinski definition) is 0. The molecule has 0 saturated heterocycles. The quantitative estimate of drug-likeness (QED) is 0.701. The summed E-state index contributed by atoms with van der Waals surface area (Å²) in [5.41, 5.74) is 2.12. The fraction of sp³-hybridized carbons (Fsp3) is 0.250. The Bertz CT molecular complexity index is 965. The molecule has 0 radical (unpaired) electrons. The fourth-order valence-corrected chi connectivity index (χ4v) is 3.03. The highest BCUT2D eigenvalue weighted by molar-refractivity contribution is 5.98. The molecule has 1 aromatic heterocycles. The minimum Gasteiger partial charge on any atom is -0.493 e. The molecule has 136 valence electrons. The highest BCUT2D eigenvalue weighted by atomic mass is 19.1. The normalized spacial score (nSPS) is 10.8. The summed E-state index contributed by atoms with van der Waals surface area (Å²) in [5.74, 6) is 0.794. The van der Waals surface area contributed by atoms with Gasteiger partial charge in [0.15, 0.2) is 11.5 Å². The largest absolute Gasteiger partial charge is 0.493 e. The maximum absolute atomic E-state index is 13.5. The molecule has 0 unspecified atom stereocenters. The predicted octanol–water partition coefficient (Wildman–Crippen LogP) is 3.61. The maximum atomic E-state index is 13.5. The number of aryl methyl sites for hydroxylation is 1.